The van der Waals surface area contributed by atoms with Crippen molar-refractivity contribution in [1.82, 2.24) is 19.5 Å². The molecule has 5 heteroatoms. The quantitative estimate of drug-likeness (QED) is 0.729. The number of pyridine rings is 1. The Kier molecular flexibility index (Phi) is 3.11. The monoisotopic (exact) mass is 292 g/mol. The Morgan fingerprint density at radius 2 is 1.86 bits per heavy atom. The molecule has 1 fully saturated rings. The molecule has 0 saturated carbocycles. The summed E-state index contributed by atoms with van der Waals surface area (Å²) in [6, 6.07) is 15.2. The molecule has 1 atom stereocenters. The van der Waals surface area contributed by atoms with Crippen molar-refractivity contribution in [2.24, 2.45) is 0 Å². The highest BCUT2D eigenvalue weighted by Crippen LogP contribution is 2.32. The Balaban J connectivity index is 1.71. The number of fused-ring (bicyclic) bond motifs is 1. The van der Waals surface area contributed by atoms with Crippen LogP contribution in [0.5, 0.6) is 0 Å². The van der Waals surface area contributed by atoms with Crippen LogP contribution in [0.4, 0.5) is 0 Å². The highest BCUT2D eigenvalue weighted by molar-refractivity contribution is 5.94. The van der Waals surface area contributed by atoms with Crippen molar-refractivity contribution in [2.45, 2.75) is 18.9 Å². The Hall–Kier alpha value is -2.69. The van der Waals surface area contributed by atoms with Gasteiger partial charge in [0.05, 0.1) is 6.04 Å². The molecule has 1 aromatic carbocycles. The van der Waals surface area contributed by atoms with E-state index in [1.807, 2.05) is 64.0 Å². The first-order chi connectivity index (χ1) is 10.8. The molecular weight excluding hydrogens is 276 g/mol. The zero-order chi connectivity index (χ0) is 14.9. The van der Waals surface area contributed by atoms with Crippen molar-refractivity contribution in [2.75, 3.05) is 6.54 Å². The molecule has 0 spiro atoms. The van der Waals surface area contributed by atoms with Crippen molar-refractivity contribution in [1.29, 1.82) is 0 Å². The van der Waals surface area contributed by atoms with Gasteiger partial charge in [0.2, 0.25) is 0 Å². The molecule has 0 unspecified atom stereocenters. The lowest BCUT2D eigenvalue weighted by Gasteiger charge is -2.23. The van der Waals surface area contributed by atoms with Gasteiger partial charge in [-0.25, -0.2) is 0 Å². The first-order valence-electron chi connectivity index (χ1n) is 7.50. The minimum atomic E-state index is -0.00916. The summed E-state index contributed by atoms with van der Waals surface area (Å²) < 4.78 is 1.97. The molecule has 1 amide bonds. The van der Waals surface area contributed by atoms with Crippen LogP contribution in [-0.4, -0.2) is 31.9 Å². The number of carbonyl (C=O) groups excluding carboxylic acids is 1. The van der Waals surface area contributed by atoms with Gasteiger partial charge in [-0.1, -0.05) is 24.3 Å². The van der Waals surface area contributed by atoms with Crippen LogP contribution >= 0.6 is 0 Å². The molecule has 0 aliphatic carbocycles. The summed E-state index contributed by atoms with van der Waals surface area (Å²) >= 11 is 0. The van der Waals surface area contributed by atoms with E-state index in [1.165, 1.54) is 0 Å². The standard InChI is InChI=1S/C17H16N4O/c22-17(13-7-2-1-3-8-13)20-12-6-9-14(20)16-19-18-15-10-4-5-11-21(15)16/h1-5,7-8,10-11,14H,6,9,12H2/t14-/m0/s1. The number of carbonyl (C=O) groups is 1. The lowest BCUT2D eigenvalue weighted by atomic mass is 10.1. The number of rotatable bonds is 2. The maximum atomic E-state index is 12.8. The minimum absolute atomic E-state index is 0.00916. The van der Waals surface area contributed by atoms with E-state index in [0.717, 1.165) is 36.4 Å². The molecule has 0 N–H and O–H groups in total. The number of likely N-dealkylation sites (tertiary alicyclic amines) is 1. The van der Waals surface area contributed by atoms with Crippen LogP contribution < -0.4 is 0 Å². The van der Waals surface area contributed by atoms with E-state index in [-0.39, 0.29) is 11.9 Å². The summed E-state index contributed by atoms with van der Waals surface area (Å²) in [5.41, 5.74) is 1.54. The van der Waals surface area contributed by atoms with E-state index in [9.17, 15) is 4.79 Å². The van der Waals surface area contributed by atoms with Crippen LogP contribution in [0.2, 0.25) is 0 Å². The highest BCUT2D eigenvalue weighted by Gasteiger charge is 2.33. The molecule has 0 radical (unpaired) electrons. The summed E-state index contributed by atoms with van der Waals surface area (Å²) in [5.74, 6) is 0.910. The lowest BCUT2D eigenvalue weighted by Crippen LogP contribution is -2.31. The van der Waals surface area contributed by atoms with Crippen LogP contribution in [0.25, 0.3) is 5.65 Å². The summed E-state index contributed by atoms with van der Waals surface area (Å²) in [5, 5.41) is 8.53. The Morgan fingerprint density at radius 3 is 2.73 bits per heavy atom. The molecule has 1 aliphatic heterocycles. The van der Waals surface area contributed by atoms with Gasteiger partial charge in [0, 0.05) is 18.3 Å². The van der Waals surface area contributed by atoms with Crippen molar-refractivity contribution in [3.63, 3.8) is 0 Å². The average molecular weight is 292 g/mol. The van der Waals surface area contributed by atoms with Crippen LogP contribution in [0, 0.1) is 0 Å². The first-order valence-corrected chi connectivity index (χ1v) is 7.50. The molecule has 1 aliphatic rings. The second kappa shape index (κ2) is 5.26. The summed E-state index contributed by atoms with van der Waals surface area (Å²) in [6.45, 7) is 0.764. The number of hydrogen-bond acceptors (Lipinski definition) is 3. The summed E-state index contributed by atoms with van der Waals surface area (Å²) in [4.78, 5) is 14.7. The molecule has 22 heavy (non-hydrogen) atoms. The van der Waals surface area contributed by atoms with Crippen molar-refractivity contribution >= 4 is 11.6 Å². The predicted molar refractivity (Wildman–Crippen MR) is 82.4 cm³/mol. The number of nitrogens with zero attached hydrogens (tertiary/aromatic N) is 4. The van der Waals surface area contributed by atoms with E-state index < -0.39 is 0 Å². The van der Waals surface area contributed by atoms with Gasteiger partial charge in [0.1, 0.15) is 0 Å². The second-order valence-corrected chi connectivity index (χ2v) is 5.51. The van der Waals surface area contributed by atoms with Gasteiger partial charge in [-0.05, 0) is 37.1 Å². The van der Waals surface area contributed by atoms with Gasteiger partial charge in [0.15, 0.2) is 11.5 Å². The Morgan fingerprint density at radius 1 is 1.05 bits per heavy atom. The smallest absolute Gasteiger partial charge is 0.254 e. The van der Waals surface area contributed by atoms with Gasteiger partial charge in [-0.3, -0.25) is 9.20 Å². The summed E-state index contributed by atoms with van der Waals surface area (Å²) in [7, 11) is 0. The topological polar surface area (TPSA) is 50.5 Å². The maximum Gasteiger partial charge on any atom is 0.254 e. The third kappa shape index (κ3) is 2.06. The largest absolute Gasteiger partial charge is 0.328 e. The number of hydrogen-bond donors (Lipinski definition) is 0. The van der Waals surface area contributed by atoms with E-state index >= 15 is 0 Å². The minimum Gasteiger partial charge on any atom is -0.328 e. The Labute approximate surface area is 128 Å². The molecule has 5 nitrogen and oxygen atoms in total. The fourth-order valence-corrected chi connectivity index (χ4v) is 3.11. The summed E-state index contributed by atoms with van der Waals surface area (Å²) in [6.07, 6.45) is 3.87. The fourth-order valence-electron chi connectivity index (χ4n) is 3.11. The highest BCUT2D eigenvalue weighted by atomic mass is 16.2. The van der Waals surface area contributed by atoms with Crippen LogP contribution in [0.1, 0.15) is 35.1 Å². The maximum absolute atomic E-state index is 12.8. The number of amides is 1. The van der Waals surface area contributed by atoms with Crippen molar-refractivity contribution in [3.05, 3.63) is 66.1 Å². The zero-order valence-corrected chi connectivity index (χ0v) is 12.1. The average Bonchev–Trinajstić information content (AvgIpc) is 3.21. The second-order valence-electron chi connectivity index (χ2n) is 5.51. The molecule has 3 aromatic rings. The van der Waals surface area contributed by atoms with E-state index in [4.69, 9.17) is 0 Å². The van der Waals surface area contributed by atoms with Gasteiger partial charge in [-0.15, -0.1) is 10.2 Å². The molecule has 4 rings (SSSR count). The van der Waals surface area contributed by atoms with Gasteiger partial charge in [-0.2, -0.15) is 0 Å². The molecule has 0 bridgehead atoms. The third-order valence-corrected chi connectivity index (χ3v) is 4.17. The molecule has 3 heterocycles. The third-order valence-electron chi connectivity index (χ3n) is 4.17. The van der Waals surface area contributed by atoms with Crippen molar-refractivity contribution < 1.29 is 4.79 Å². The molecule has 1 saturated heterocycles. The van der Waals surface area contributed by atoms with E-state index in [0.29, 0.717) is 0 Å². The van der Waals surface area contributed by atoms with Crippen LogP contribution in [-0.2, 0) is 0 Å². The molecular formula is C17H16N4O. The first kappa shape index (κ1) is 13.0. The van der Waals surface area contributed by atoms with E-state index in [2.05, 4.69) is 10.2 Å². The van der Waals surface area contributed by atoms with Gasteiger partial charge >= 0.3 is 0 Å². The van der Waals surface area contributed by atoms with Crippen LogP contribution in [0.3, 0.4) is 0 Å². The predicted octanol–water partition coefficient (Wildman–Crippen LogP) is 2.71. The van der Waals surface area contributed by atoms with Gasteiger partial charge < -0.3 is 4.90 Å². The van der Waals surface area contributed by atoms with Crippen LogP contribution in [0.15, 0.2) is 54.7 Å². The zero-order valence-electron chi connectivity index (χ0n) is 12.1. The SMILES string of the molecule is O=C(c1ccccc1)N1CCC[C@H]1c1nnc2ccccn12. The molecule has 110 valence electrons. The number of benzene rings is 1. The molecule has 2 aromatic heterocycles. The normalized spacial score (nSPS) is 18.0. The lowest BCUT2D eigenvalue weighted by molar-refractivity contribution is 0.0729. The number of aromatic nitrogens is 3. The Bertz CT molecular complexity index is 812. The van der Waals surface area contributed by atoms with Gasteiger partial charge in [0.25, 0.3) is 5.91 Å². The van der Waals surface area contributed by atoms with E-state index in [1.54, 1.807) is 0 Å². The van der Waals surface area contributed by atoms with Crippen molar-refractivity contribution in [3.8, 4) is 0 Å². The fraction of sp³-hybridized carbons (Fsp3) is 0.235.